The van der Waals surface area contributed by atoms with Crippen LogP contribution in [0.4, 0.5) is 5.69 Å². The number of carbonyl (C=O) groups is 1. The fourth-order valence-electron chi connectivity index (χ4n) is 4.11. The number of para-hydroxylation sites is 1. The second-order valence-corrected chi connectivity index (χ2v) is 7.34. The second kappa shape index (κ2) is 4.82. The van der Waals surface area contributed by atoms with Gasteiger partial charge in [0, 0.05) is 26.7 Å². The molecule has 0 amide bonds. The zero-order chi connectivity index (χ0) is 17.3. The number of quaternary nitrogens is 1. The van der Waals surface area contributed by atoms with Crippen LogP contribution in [0.15, 0.2) is 46.9 Å². The molecule has 3 heterocycles. The van der Waals surface area contributed by atoms with E-state index < -0.39 is 11.6 Å². The molecule has 5 rings (SSSR count). The third kappa shape index (κ3) is 1.76. The van der Waals surface area contributed by atoms with E-state index in [-0.39, 0.29) is 0 Å². The van der Waals surface area contributed by atoms with Crippen LogP contribution >= 0.6 is 15.9 Å². The lowest BCUT2D eigenvalue weighted by Gasteiger charge is -2.21. The van der Waals surface area contributed by atoms with Crippen LogP contribution in [-0.2, 0) is 10.4 Å². The van der Waals surface area contributed by atoms with Crippen molar-refractivity contribution in [1.29, 1.82) is 0 Å². The molecular weight excluding hydrogens is 384 g/mol. The van der Waals surface area contributed by atoms with Gasteiger partial charge < -0.3 is 15.2 Å². The van der Waals surface area contributed by atoms with Crippen molar-refractivity contribution in [3.8, 4) is 0 Å². The summed E-state index contributed by atoms with van der Waals surface area (Å²) in [6.07, 6.45) is 2.10. The number of nitrogens with one attached hydrogen (secondary N) is 2. The number of benzene rings is 2. The van der Waals surface area contributed by atoms with Gasteiger partial charge in [0.05, 0.1) is 5.56 Å². The SMILES string of the molecule is O=C(O)C1(O)C2=c3[nH]c4ccccc4c3=CC[NH+]2c2cc(Br)ccc21. The van der Waals surface area contributed by atoms with Gasteiger partial charge in [-0.3, -0.25) is 4.90 Å². The second-order valence-electron chi connectivity index (χ2n) is 6.43. The van der Waals surface area contributed by atoms with Crippen molar-refractivity contribution in [2.45, 2.75) is 5.60 Å². The smallest absolute Gasteiger partial charge is 0.351 e. The van der Waals surface area contributed by atoms with Gasteiger partial charge in [-0.05, 0) is 24.3 Å². The Kier molecular flexibility index (Phi) is 2.87. The van der Waals surface area contributed by atoms with E-state index in [2.05, 4.69) is 27.0 Å². The number of carboxylic acids is 1. The van der Waals surface area contributed by atoms with Crippen LogP contribution in [0.2, 0.25) is 0 Å². The van der Waals surface area contributed by atoms with Crippen molar-refractivity contribution >= 4 is 50.3 Å². The van der Waals surface area contributed by atoms with Crippen LogP contribution < -0.4 is 15.5 Å². The molecule has 2 aliphatic heterocycles. The predicted molar refractivity (Wildman–Crippen MR) is 96.6 cm³/mol. The van der Waals surface area contributed by atoms with Gasteiger partial charge in [-0.1, -0.05) is 34.1 Å². The van der Waals surface area contributed by atoms with Gasteiger partial charge in [0.2, 0.25) is 0 Å². The summed E-state index contributed by atoms with van der Waals surface area (Å²) in [7, 11) is 0. The van der Waals surface area contributed by atoms with Crippen molar-refractivity contribution in [1.82, 2.24) is 4.98 Å². The summed E-state index contributed by atoms with van der Waals surface area (Å²) in [4.78, 5) is 16.3. The quantitative estimate of drug-likeness (QED) is 0.478. The molecule has 0 bridgehead atoms. The highest BCUT2D eigenvalue weighted by molar-refractivity contribution is 9.10. The van der Waals surface area contributed by atoms with Gasteiger partial charge in [-0.25, -0.2) is 4.79 Å². The van der Waals surface area contributed by atoms with Gasteiger partial charge in [0.1, 0.15) is 17.6 Å². The molecule has 5 nitrogen and oxygen atoms in total. The van der Waals surface area contributed by atoms with Crippen LogP contribution in [0.5, 0.6) is 0 Å². The van der Waals surface area contributed by atoms with E-state index in [0.29, 0.717) is 23.2 Å². The zero-order valence-electron chi connectivity index (χ0n) is 13.0. The van der Waals surface area contributed by atoms with E-state index in [1.165, 1.54) is 0 Å². The average Bonchev–Trinajstić information content (AvgIpc) is 3.09. The summed E-state index contributed by atoms with van der Waals surface area (Å²) in [6, 6.07) is 13.2. The molecule has 0 radical (unpaired) electrons. The number of aromatic amines is 1. The first kappa shape index (κ1) is 14.9. The monoisotopic (exact) mass is 397 g/mol. The van der Waals surface area contributed by atoms with E-state index in [1.807, 2.05) is 30.3 Å². The van der Waals surface area contributed by atoms with E-state index in [4.69, 9.17) is 0 Å². The molecule has 3 aromatic rings. The number of fused-ring (bicyclic) bond motifs is 6. The minimum Gasteiger partial charge on any atom is -0.478 e. The predicted octanol–water partition coefficient (Wildman–Crippen LogP) is 0.335. The zero-order valence-corrected chi connectivity index (χ0v) is 14.6. The van der Waals surface area contributed by atoms with E-state index in [1.54, 1.807) is 12.1 Å². The summed E-state index contributed by atoms with van der Waals surface area (Å²) in [5.41, 5.74) is 0.557. The molecule has 0 saturated heterocycles. The Bertz CT molecular complexity index is 1200. The third-order valence-corrected chi connectivity index (χ3v) is 5.67. The lowest BCUT2D eigenvalue weighted by molar-refractivity contribution is -0.744. The Morgan fingerprint density at radius 3 is 2.84 bits per heavy atom. The number of carboxylic acid groups (broad SMARTS) is 1. The normalized spacial score (nSPS) is 23.8. The van der Waals surface area contributed by atoms with Crippen molar-refractivity contribution < 1.29 is 19.9 Å². The molecule has 0 saturated carbocycles. The molecule has 25 heavy (non-hydrogen) atoms. The van der Waals surface area contributed by atoms with Crippen molar-refractivity contribution in [3.05, 3.63) is 63.1 Å². The number of aliphatic hydroxyl groups is 1. The fourth-order valence-corrected chi connectivity index (χ4v) is 4.47. The fraction of sp³-hybridized carbons (Fsp3) is 0.105. The molecule has 6 heteroatoms. The number of rotatable bonds is 1. The highest BCUT2D eigenvalue weighted by Crippen LogP contribution is 2.39. The van der Waals surface area contributed by atoms with E-state index in [9.17, 15) is 15.0 Å². The summed E-state index contributed by atoms with van der Waals surface area (Å²) in [5, 5.41) is 23.9. The van der Waals surface area contributed by atoms with Gasteiger partial charge in [0.15, 0.2) is 5.70 Å². The molecule has 4 N–H and O–H groups in total. The standard InChI is InChI=1S/C19H13BrN2O3/c20-10-5-6-13-15(9-10)22-8-7-12-11-3-1-2-4-14(11)21-16(12)17(22)19(13,25)18(23)24/h1-7,9,21,25H,8H2,(H,23,24)/p+1. The molecule has 2 atom stereocenters. The van der Waals surface area contributed by atoms with Gasteiger partial charge in [-0.2, -0.15) is 0 Å². The van der Waals surface area contributed by atoms with Crippen molar-refractivity contribution in [3.63, 3.8) is 0 Å². The Morgan fingerprint density at radius 1 is 1.24 bits per heavy atom. The van der Waals surface area contributed by atoms with E-state index >= 15 is 0 Å². The summed E-state index contributed by atoms with van der Waals surface area (Å²) < 4.78 is 0.857. The number of halogens is 1. The average molecular weight is 398 g/mol. The molecule has 2 aliphatic rings. The Morgan fingerprint density at radius 2 is 2.04 bits per heavy atom. The van der Waals surface area contributed by atoms with Crippen LogP contribution in [0.1, 0.15) is 5.56 Å². The summed E-state index contributed by atoms with van der Waals surface area (Å²) in [6.45, 7) is 0.587. The lowest BCUT2D eigenvalue weighted by atomic mass is 9.92. The highest BCUT2D eigenvalue weighted by atomic mass is 79.9. The first-order valence-corrected chi connectivity index (χ1v) is 8.75. The number of H-pyrrole nitrogens is 1. The highest BCUT2D eigenvalue weighted by Gasteiger charge is 2.58. The number of hydrogen-bond acceptors (Lipinski definition) is 2. The van der Waals surface area contributed by atoms with Gasteiger partial charge in [-0.15, -0.1) is 0 Å². The maximum Gasteiger partial charge on any atom is 0.351 e. The lowest BCUT2D eigenvalue weighted by Crippen LogP contribution is -3.06. The van der Waals surface area contributed by atoms with Gasteiger partial charge >= 0.3 is 5.97 Å². The van der Waals surface area contributed by atoms with Crippen LogP contribution in [0.3, 0.4) is 0 Å². The number of aliphatic carboxylic acids is 1. The Balaban J connectivity index is 1.98. The first-order chi connectivity index (χ1) is 12.0. The Hall–Kier alpha value is -2.41. The van der Waals surface area contributed by atoms with Crippen molar-refractivity contribution in [2.24, 2.45) is 0 Å². The molecule has 0 aliphatic carbocycles. The molecule has 1 aromatic heterocycles. The minimum atomic E-state index is -2.05. The molecule has 2 aromatic carbocycles. The molecular formula is C19H14BrN2O3+. The van der Waals surface area contributed by atoms with Gasteiger partial charge in [0.25, 0.3) is 5.60 Å². The van der Waals surface area contributed by atoms with Crippen LogP contribution in [-0.4, -0.2) is 27.7 Å². The Labute approximate surface area is 150 Å². The molecule has 2 unspecified atom stereocenters. The maximum absolute atomic E-state index is 12.1. The van der Waals surface area contributed by atoms with Crippen LogP contribution in [0, 0.1) is 0 Å². The third-order valence-electron chi connectivity index (χ3n) is 5.18. The summed E-state index contributed by atoms with van der Waals surface area (Å²) in [5.74, 6) is -1.26. The molecule has 124 valence electrons. The first-order valence-electron chi connectivity index (χ1n) is 7.96. The topological polar surface area (TPSA) is 77.8 Å². The number of hydrogen-bond donors (Lipinski definition) is 4. The minimum absolute atomic E-state index is 0.424. The van der Waals surface area contributed by atoms with E-state index in [0.717, 1.165) is 31.2 Å². The molecule has 0 spiro atoms. The largest absolute Gasteiger partial charge is 0.478 e. The van der Waals surface area contributed by atoms with Crippen molar-refractivity contribution in [2.75, 3.05) is 6.54 Å². The van der Waals surface area contributed by atoms with Crippen LogP contribution in [0.25, 0.3) is 22.7 Å². The molecule has 0 fully saturated rings. The maximum atomic E-state index is 12.1. The number of aromatic nitrogens is 1. The summed E-state index contributed by atoms with van der Waals surface area (Å²) >= 11 is 3.45.